The number of phenolic OH excluding ortho intramolecular Hbond substituents is 1. The summed E-state index contributed by atoms with van der Waals surface area (Å²) < 4.78 is 10.8. The summed E-state index contributed by atoms with van der Waals surface area (Å²) in [6.45, 7) is 7.02. The molecule has 1 aromatic carbocycles. The number of carbonyl (C=O) groups excluding carboxylic acids is 4. The summed E-state index contributed by atoms with van der Waals surface area (Å²) in [7, 11) is 0. The van der Waals surface area contributed by atoms with E-state index in [2.05, 4.69) is 24.5 Å². The Labute approximate surface area is 192 Å². The zero-order chi connectivity index (χ0) is 24.7. The molecule has 5 atom stereocenters. The normalized spacial score (nSPS) is 25.8. The van der Waals surface area contributed by atoms with Crippen molar-refractivity contribution in [3.8, 4) is 5.75 Å². The Hall–Kier alpha value is -3.14. The van der Waals surface area contributed by atoms with Gasteiger partial charge < -0.3 is 30.3 Å². The number of amides is 2. The largest absolute Gasteiger partial charge is 0.505 e. The van der Waals surface area contributed by atoms with E-state index in [1.807, 2.05) is 0 Å². The van der Waals surface area contributed by atoms with Crippen LogP contribution in [0.1, 0.15) is 57.3 Å². The van der Waals surface area contributed by atoms with Crippen LogP contribution in [0.2, 0.25) is 0 Å². The number of benzene rings is 1. The maximum absolute atomic E-state index is 12.8. The zero-order valence-corrected chi connectivity index (χ0v) is 19.2. The van der Waals surface area contributed by atoms with Gasteiger partial charge in [-0.2, -0.15) is 0 Å². The molecule has 4 N–H and O–H groups in total. The first-order valence-electron chi connectivity index (χ1n) is 11.0. The van der Waals surface area contributed by atoms with Gasteiger partial charge in [-0.15, -0.1) is 0 Å². The Kier molecular flexibility index (Phi) is 9.22. The van der Waals surface area contributed by atoms with Crippen molar-refractivity contribution in [3.05, 3.63) is 23.8 Å². The van der Waals surface area contributed by atoms with Crippen molar-refractivity contribution in [2.45, 2.75) is 71.3 Å². The number of hydrogen-bond acceptors (Lipinski definition) is 8. The fourth-order valence-corrected chi connectivity index (χ4v) is 3.66. The minimum atomic E-state index is -1.38. The molecule has 0 bridgehead atoms. The number of aliphatic hydroxyl groups is 1. The molecule has 10 heteroatoms. The van der Waals surface area contributed by atoms with E-state index in [1.165, 1.54) is 32.0 Å². The van der Waals surface area contributed by atoms with Gasteiger partial charge in [0.15, 0.2) is 11.8 Å². The number of cyclic esters (lactones) is 2. The Bertz CT molecular complexity index is 872. The Morgan fingerprint density at radius 1 is 1.15 bits per heavy atom. The molecule has 1 aliphatic heterocycles. The topological polar surface area (TPSA) is 151 Å². The molecular formula is C23H32N2O8. The van der Waals surface area contributed by atoms with Crippen LogP contribution in [0, 0.1) is 11.8 Å². The summed E-state index contributed by atoms with van der Waals surface area (Å²) in [6, 6.07) is 2.75. The molecule has 0 spiro atoms. The Balaban J connectivity index is 2.23. The van der Waals surface area contributed by atoms with Crippen molar-refractivity contribution in [1.82, 2.24) is 5.32 Å². The number of hydrogen-bond donors (Lipinski definition) is 4. The quantitative estimate of drug-likeness (QED) is 0.258. The molecule has 0 aliphatic carbocycles. The van der Waals surface area contributed by atoms with Crippen LogP contribution in [0.5, 0.6) is 5.75 Å². The van der Waals surface area contributed by atoms with Gasteiger partial charge >= 0.3 is 11.9 Å². The molecule has 1 fully saturated rings. The lowest BCUT2D eigenvalue weighted by atomic mass is 9.91. The molecule has 2 rings (SSSR count). The smallest absolute Gasteiger partial charge is 0.332 e. The highest BCUT2D eigenvalue weighted by Crippen LogP contribution is 2.28. The van der Waals surface area contributed by atoms with Crippen molar-refractivity contribution in [3.63, 3.8) is 0 Å². The van der Waals surface area contributed by atoms with E-state index < -0.39 is 53.9 Å². The molecular weight excluding hydrogens is 432 g/mol. The number of aromatic hydroxyl groups is 1. The maximum atomic E-state index is 12.8. The van der Waals surface area contributed by atoms with E-state index in [0.717, 1.165) is 6.42 Å². The third kappa shape index (κ3) is 6.67. The lowest BCUT2D eigenvalue weighted by molar-refractivity contribution is -0.160. The van der Waals surface area contributed by atoms with Crippen LogP contribution in [-0.2, 0) is 23.9 Å². The van der Waals surface area contributed by atoms with Gasteiger partial charge in [0, 0.05) is 0 Å². The highest BCUT2D eigenvalue weighted by molar-refractivity contribution is 6.01. The maximum Gasteiger partial charge on any atom is 0.332 e. The van der Waals surface area contributed by atoms with Crippen LogP contribution in [-0.4, -0.2) is 58.8 Å². The number of ether oxygens (including phenoxy) is 2. The van der Waals surface area contributed by atoms with Gasteiger partial charge in [-0.1, -0.05) is 32.8 Å². The monoisotopic (exact) mass is 464 g/mol. The molecule has 10 nitrogen and oxygen atoms in total. The average Bonchev–Trinajstić information content (AvgIpc) is 2.77. The van der Waals surface area contributed by atoms with Crippen LogP contribution in [0.4, 0.5) is 5.69 Å². The van der Waals surface area contributed by atoms with Crippen LogP contribution in [0.3, 0.4) is 0 Å². The first-order chi connectivity index (χ1) is 15.6. The minimum Gasteiger partial charge on any atom is -0.505 e. The van der Waals surface area contributed by atoms with Gasteiger partial charge in [-0.25, -0.2) is 4.79 Å². The van der Waals surface area contributed by atoms with E-state index >= 15 is 0 Å². The van der Waals surface area contributed by atoms with Crippen molar-refractivity contribution in [2.24, 2.45) is 11.8 Å². The van der Waals surface area contributed by atoms with Crippen molar-refractivity contribution in [2.75, 3.05) is 5.32 Å². The summed E-state index contributed by atoms with van der Waals surface area (Å²) in [5.74, 6) is -3.34. The number of nitrogens with one attached hydrogen (secondary N) is 2. The lowest BCUT2D eigenvalue weighted by Crippen LogP contribution is -2.50. The SMILES string of the molecule is CC(C)CCCC1C(=O)OC(C)C(NC(=O)c2cccc(NC=O)c2O)C(=O)OC(C)C1O. The van der Waals surface area contributed by atoms with Gasteiger partial charge in [-0.3, -0.25) is 14.4 Å². The highest BCUT2D eigenvalue weighted by atomic mass is 16.6. The Morgan fingerprint density at radius 3 is 2.45 bits per heavy atom. The summed E-state index contributed by atoms with van der Waals surface area (Å²) in [6.07, 6.45) is -1.10. The summed E-state index contributed by atoms with van der Waals surface area (Å²) in [4.78, 5) is 49.0. The predicted octanol–water partition coefficient (Wildman–Crippen LogP) is 1.74. The van der Waals surface area contributed by atoms with Gasteiger partial charge in [0.2, 0.25) is 6.41 Å². The molecule has 0 saturated carbocycles. The van der Waals surface area contributed by atoms with Crippen molar-refractivity contribution < 1.29 is 38.9 Å². The third-order valence-electron chi connectivity index (χ3n) is 5.60. The number of phenols is 1. The molecule has 1 aromatic rings. The minimum absolute atomic E-state index is 0.00940. The molecule has 1 aliphatic rings. The predicted molar refractivity (Wildman–Crippen MR) is 118 cm³/mol. The number of carbonyl (C=O) groups is 4. The van der Waals surface area contributed by atoms with Gasteiger partial charge in [-0.05, 0) is 38.3 Å². The van der Waals surface area contributed by atoms with Crippen LogP contribution in [0.15, 0.2) is 18.2 Å². The average molecular weight is 465 g/mol. The van der Waals surface area contributed by atoms with Crippen LogP contribution < -0.4 is 10.6 Å². The lowest BCUT2D eigenvalue weighted by Gasteiger charge is -2.25. The number of para-hydroxylation sites is 1. The van der Waals surface area contributed by atoms with Gasteiger partial charge in [0.05, 0.1) is 17.2 Å². The number of esters is 2. The zero-order valence-electron chi connectivity index (χ0n) is 19.2. The molecule has 2 amide bonds. The fraction of sp³-hybridized carbons (Fsp3) is 0.565. The van der Waals surface area contributed by atoms with E-state index in [1.54, 1.807) is 0 Å². The van der Waals surface area contributed by atoms with E-state index in [9.17, 15) is 29.4 Å². The molecule has 0 radical (unpaired) electrons. The second kappa shape index (κ2) is 11.6. The summed E-state index contributed by atoms with van der Waals surface area (Å²) >= 11 is 0. The second-order valence-corrected chi connectivity index (χ2v) is 8.62. The number of anilines is 1. The van der Waals surface area contributed by atoms with Crippen LogP contribution >= 0.6 is 0 Å². The van der Waals surface area contributed by atoms with Crippen molar-refractivity contribution in [1.29, 1.82) is 0 Å². The second-order valence-electron chi connectivity index (χ2n) is 8.62. The molecule has 33 heavy (non-hydrogen) atoms. The molecule has 0 aromatic heterocycles. The van der Waals surface area contributed by atoms with Gasteiger partial charge in [0.1, 0.15) is 18.3 Å². The van der Waals surface area contributed by atoms with E-state index in [0.29, 0.717) is 25.2 Å². The summed E-state index contributed by atoms with van der Waals surface area (Å²) in [5, 5.41) is 25.6. The molecule has 182 valence electrons. The molecule has 5 unspecified atom stereocenters. The third-order valence-corrected chi connectivity index (χ3v) is 5.60. The van der Waals surface area contributed by atoms with Gasteiger partial charge in [0.25, 0.3) is 5.91 Å². The van der Waals surface area contributed by atoms with E-state index in [-0.39, 0.29) is 11.3 Å². The molecule has 1 heterocycles. The highest BCUT2D eigenvalue weighted by Gasteiger charge is 2.41. The number of rotatable bonds is 8. The summed E-state index contributed by atoms with van der Waals surface area (Å²) in [5.41, 5.74) is -0.192. The molecule has 1 saturated heterocycles. The Morgan fingerprint density at radius 2 is 1.82 bits per heavy atom. The fourth-order valence-electron chi connectivity index (χ4n) is 3.66. The van der Waals surface area contributed by atoms with Crippen LogP contribution in [0.25, 0.3) is 0 Å². The first-order valence-corrected chi connectivity index (χ1v) is 11.0. The first kappa shape index (κ1) is 26.1. The standard InChI is InChI=1S/C23H32N2O8/c1-12(2)7-5-9-16-19(27)14(4)33-23(31)18(13(3)32-22(16)30)25-21(29)15-8-6-10-17(20(15)28)24-11-26/h6,8,10-14,16,18-19,27-28H,5,7,9H2,1-4H3,(H,24,26)(H,25,29). The van der Waals surface area contributed by atoms with Crippen molar-refractivity contribution >= 4 is 29.9 Å². The van der Waals surface area contributed by atoms with E-state index in [4.69, 9.17) is 9.47 Å². The number of aliphatic hydroxyl groups excluding tert-OH is 1.